The number of carbonyl (C=O) groups excluding carboxylic acids is 1. The number of amides is 1. The predicted octanol–water partition coefficient (Wildman–Crippen LogP) is 4.58. The number of carbonyl (C=O) groups is 1. The summed E-state index contributed by atoms with van der Waals surface area (Å²) in [5.74, 6) is 2.81. The minimum Gasteiger partial charge on any atom is -0.464 e. The van der Waals surface area contributed by atoms with E-state index < -0.39 is 0 Å². The average Bonchev–Trinajstić information content (AvgIpc) is 3.01. The average molecular weight is 372 g/mol. The van der Waals surface area contributed by atoms with Gasteiger partial charge in [-0.25, -0.2) is 0 Å². The van der Waals surface area contributed by atoms with Crippen molar-refractivity contribution in [3.8, 4) is 0 Å². The molecular formula is C14H14BrNO2S2. The molecule has 106 valence electrons. The van der Waals surface area contributed by atoms with E-state index in [9.17, 15) is 4.79 Å². The summed E-state index contributed by atoms with van der Waals surface area (Å²) in [5, 5.41) is 0.0953. The van der Waals surface area contributed by atoms with Gasteiger partial charge in [-0.3, -0.25) is 4.79 Å². The Morgan fingerprint density at radius 2 is 2.25 bits per heavy atom. The maximum Gasteiger partial charge on any atom is 0.225 e. The summed E-state index contributed by atoms with van der Waals surface area (Å²) in [7, 11) is 0. The molecule has 1 atom stereocenters. The molecular weight excluding hydrogens is 358 g/mol. The van der Waals surface area contributed by atoms with E-state index in [4.69, 9.17) is 4.42 Å². The zero-order chi connectivity index (χ0) is 14.1. The van der Waals surface area contributed by atoms with Crippen LogP contribution in [0.25, 0.3) is 0 Å². The van der Waals surface area contributed by atoms with Crippen LogP contribution in [-0.4, -0.2) is 16.6 Å². The molecule has 1 saturated heterocycles. The number of furan rings is 1. The van der Waals surface area contributed by atoms with Crippen LogP contribution in [0.5, 0.6) is 0 Å². The molecule has 0 radical (unpaired) electrons. The van der Waals surface area contributed by atoms with Gasteiger partial charge >= 0.3 is 0 Å². The van der Waals surface area contributed by atoms with Gasteiger partial charge in [-0.05, 0) is 47.1 Å². The van der Waals surface area contributed by atoms with E-state index >= 15 is 0 Å². The van der Waals surface area contributed by atoms with E-state index in [1.165, 1.54) is 4.88 Å². The van der Waals surface area contributed by atoms with Crippen LogP contribution in [0.15, 0.2) is 32.5 Å². The minimum atomic E-state index is 0.0953. The first-order chi connectivity index (χ1) is 9.63. The second-order valence-electron chi connectivity index (χ2n) is 4.65. The predicted molar refractivity (Wildman–Crippen MR) is 85.8 cm³/mol. The van der Waals surface area contributed by atoms with E-state index in [-0.39, 0.29) is 11.3 Å². The van der Waals surface area contributed by atoms with Gasteiger partial charge in [0.05, 0.1) is 10.3 Å². The standard InChI is InChI=1S/C14H14BrNO2S2/c1-9-2-3-10(18-9)8-16-13(17)6-7-19-14(16)11-4-5-12(15)20-11/h2-5,14H,6-8H2,1H3. The van der Waals surface area contributed by atoms with Crippen molar-refractivity contribution in [2.45, 2.75) is 25.3 Å². The number of halogens is 1. The van der Waals surface area contributed by atoms with Crippen LogP contribution in [0.2, 0.25) is 0 Å². The number of thiophene rings is 1. The molecule has 2 aromatic rings. The summed E-state index contributed by atoms with van der Waals surface area (Å²) in [6.07, 6.45) is 0.605. The topological polar surface area (TPSA) is 33.5 Å². The molecule has 2 aromatic heterocycles. The Kier molecular flexibility index (Phi) is 4.23. The minimum absolute atomic E-state index is 0.0953. The van der Waals surface area contributed by atoms with Crippen molar-refractivity contribution in [2.75, 3.05) is 5.75 Å². The molecule has 1 aliphatic rings. The summed E-state index contributed by atoms with van der Waals surface area (Å²) in [6, 6.07) is 8.01. The smallest absolute Gasteiger partial charge is 0.225 e. The molecule has 0 saturated carbocycles. The Hall–Kier alpha value is -0.720. The molecule has 0 spiro atoms. The van der Waals surface area contributed by atoms with Crippen molar-refractivity contribution >= 4 is 44.9 Å². The Balaban J connectivity index is 1.85. The quantitative estimate of drug-likeness (QED) is 0.791. The SMILES string of the molecule is Cc1ccc(CN2C(=O)CCSC2c2ccc(Br)s2)o1. The lowest BCUT2D eigenvalue weighted by molar-refractivity contribution is -0.132. The summed E-state index contributed by atoms with van der Waals surface area (Å²) in [4.78, 5) is 15.4. The molecule has 0 aliphatic carbocycles. The van der Waals surface area contributed by atoms with Crippen LogP contribution in [-0.2, 0) is 11.3 Å². The molecule has 3 heterocycles. The Bertz CT molecular complexity index is 622. The third kappa shape index (κ3) is 2.97. The van der Waals surface area contributed by atoms with Gasteiger partial charge in [0, 0.05) is 17.1 Å². The molecule has 6 heteroatoms. The molecule has 0 N–H and O–H groups in total. The van der Waals surface area contributed by atoms with Crippen molar-refractivity contribution < 1.29 is 9.21 Å². The Morgan fingerprint density at radius 3 is 2.90 bits per heavy atom. The molecule has 20 heavy (non-hydrogen) atoms. The first kappa shape index (κ1) is 14.2. The molecule has 1 fully saturated rings. The summed E-state index contributed by atoms with van der Waals surface area (Å²) in [6.45, 7) is 2.46. The molecule has 1 amide bonds. The van der Waals surface area contributed by atoms with Crippen molar-refractivity contribution in [2.24, 2.45) is 0 Å². The highest BCUT2D eigenvalue weighted by Gasteiger charge is 2.31. The number of hydrogen-bond donors (Lipinski definition) is 0. The molecule has 1 unspecified atom stereocenters. The zero-order valence-electron chi connectivity index (χ0n) is 11.0. The van der Waals surface area contributed by atoms with Crippen molar-refractivity contribution in [1.29, 1.82) is 0 Å². The summed E-state index contributed by atoms with van der Waals surface area (Å²) in [5.41, 5.74) is 0. The van der Waals surface area contributed by atoms with Gasteiger partial charge in [0.1, 0.15) is 16.9 Å². The number of nitrogens with zero attached hydrogens (tertiary/aromatic N) is 1. The highest BCUT2D eigenvalue weighted by Crippen LogP contribution is 2.42. The first-order valence-corrected chi connectivity index (χ1v) is 9.01. The van der Waals surface area contributed by atoms with Crippen LogP contribution in [0, 0.1) is 6.92 Å². The number of rotatable bonds is 3. The third-order valence-corrected chi connectivity index (χ3v) is 6.24. The largest absolute Gasteiger partial charge is 0.464 e. The van der Waals surface area contributed by atoms with E-state index in [2.05, 4.69) is 22.0 Å². The van der Waals surface area contributed by atoms with E-state index in [1.807, 2.05) is 41.8 Å². The van der Waals surface area contributed by atoms with Gasteiger partial charge in [0.2, 0.25) is 5.91 Å². The summed E-state index contributed by atoms with van der Waals surface area (Å²) < 4.78 is 6.71. The Morgan fingerprint density at radius 1 is 1.40 bits per heavy atom. The third-order valence-electron chi connectivity index (χ3n) is 3.15. The number of hydrogen-bond acceptors (Lipinski definition) is 4. The molecule has 3 rings (SSSR count). The van der Waals surface area contributed by atoms with Gasteiger partial charge in [-0.15, -0.1) is 23.1 Å². The highest BCUT2D eigenvalue weighted by atomic mass is 79.9. The van der Waals surface area contributed by atoms with Gasteiger partial charge in [0.15, 0.2) is 0 Å². The van der Waals surface area contributed by atoms with Gasteiger partial charge in [0.25, 0.3) is 0 Å². The van der Waals surface area contributed by atoms with E-state index in [0.29, 0.717) is 13.0 Å². The normalized spacial score (nSPS) is 19.6. The zero-order valence-corrected chi connectivity index (χ0v) is 14.2. The van der Waals surface area contributed by atoms with Gasteiger partial charge in [-0.1, -0.05) is 0 Å². The maximum atomic E-state index is 12.3. The Labute approximate surface area is 134 Å². The fraction of sp³-hybridized carbons (Fsp3) is 0.357. The molecule has 0 bridgehead atoms. The lowest BCUT2D eigenvalue weighted by Gasteiger charge is -2.34. The second kappa shape index (κ2) is 5.95. The monoisotopic (exact) mass is 371 g/mol. The van der Waals surface area contributed by atoms with Crippen LogP contribution in [0.3, 0.4) is 0 Å². The first-order valence-electron chi connectivity index (χ1n) is 6.35. The van der Waals surface area contributed by atoms with Gasteiger partial charge in [-0.2, -0.15) is 0 Å². The maximum absolute atomic E-state index is 12.3. The van der Waals surface area contributed by atoms with Crippen LogP contribution >= 0.6 is 39.0 Å². The molecule has 3 nitrogen and oxygen atoms in total. The second-order valence-corrected chi connectivity index (χ2v) is 8.33. The summed E-state index contributed by atoms with van der Waals surface area (Å²) >= 11 is 7.00. The van der Waals surface area contributed by atoms with Crippen molar-refractivity contribution in [3.05, 3.63) is 44.4 Å². The fourth-order valence-electron chi connectivity index (χ4n) is 2.23. The van der Waals surface area contributed by atoms with Crippen LogP contribution in [0.4, 0.5) is 0 Å². The lowest BCUT2D eigenvalue weighted by Crippen LogP contribution is -2.36. The van der Waals surface area contributed by atoms with E-state index in [0.717, 1.165) is 21.1 Å². The fourth-order valence-corrected chi connectivity index (χ4v) is 5.13. The van der Waals surface area contributed by atoms with Crippen molar-refractivity contribution in [1.82, 2.24) is 4.90 Å². The molecule has 1 aliphatic heterocycles. The van der Waals surface area contributed by atoms with Crippen LogP contribution in [0.1, 0.15) is 28.2 Å². The van der Waals surface area contributed by atoms with Crippen molar-refractivity contribution in [3.63, 3.8) is 0 Å². The molecule has 0 aromatic carbocycles. The lowest BCUT2D eigenvalue weighted by atomic mass is 10.3. The van der Waals surface area contributed by atoms with Gasteiger partial charge < -0.3 is 9.32 Å². The van der Waals surface area contributed by atoms with Crippen LogP contribution < -0.4 is 0 Å². The van der Waals surface area contributed by atoms with E-state index in [1.54, 1.807) is 11.3 Å². The number of aryl methyl sites for hydroxylation is 1. The highest BCUT2D eigenvalue weighted by molar-refractivity contribution is 9.11. The number of thioether (sulfide) groups is 1.